The second kappa shape index (κ2) is 10.3. The van der Waals surface area contributed by atoms with Crippen molar-refractivity contribution in [1.82, 2.24) is 10.2 Å². The Hall–Kier alpha value is -4.26. The van der Waals surface area contributed by atoms with Gasteiger partial charge in [0.05, 0.1) is 17.7 Å². The molecule has 0 spiro atoms. The van der Waals surface area contributed by atoms with Gasteiger partial charge in [0, 0.05) is 24.2 Å². The van der Waals surface area contributed by atoms with Gasteiger partial charge in [0.1, 0.15) is 0 Å². The average molecular weight is 470 g/mol. The van der Waals surface area contributed by atoms with E-state index in [9.17, 15) is 19.2 Å². The first kappa shape index (κ1) is 23.9. The Kier molecular flexibility index (Phi) is 7.06. The number of imide groups is 1. The molecule has 35 heavy (non-hydrogen) atoms. The standard InChI is InChI=1S/C28H27N3O4/c1-18(2)13-25(32)30-22-10-6-7-19(15-22)16-29-26(33)21-9-5-8-20(14-21)17-31-27(34)23-11-3-4-12-24(23)28(31)35/h3-12,14-15,18H,13,16-17H2,1-2H3,(H,29,33)(H,30,32). The molecule has 4 rings (SSSR count). The van der Waals surface area contributed by atoms with Crippen molar-refractivity contribution in [3.63, 3.8) is 0 Å². The van der Waals surface area contributed by atoms with E-state index in [1.54, 1.807) is 48.5 Å². The zero-order chi connectivity index (χ0) is 24.9. The number of fused-ring (bicyclic) bond motifs is 1. The molecule has 0 radical (unpaired) electrons. The smallest absolute Gasteiger partial charge is 0.261 e. The molecular weight excluding hydrogens is 442 g/mol. The van der Waals surface area contributed by atoms with E-state index in [-0.39, 0.29) is 42.6 Å². The van der Waals surface area contributed by atoms with Crippen LogP contribution in [-0.4, -0.2) is 28.5 Å². The largest absolute Gasteiger partial charge is 0.348 e. The molecule has 7 heteroatoms. The average Bonchev–Trinajstić information content (AvgIpc) is 3.07. The summed E-state index contributed by atoms with van der Waals surface area (Å²) in [7, 11) is 0. The Morgan fingerprint density at radius 2 is 1.49 bits per heavy atom. The lowest BCUT2D eigenvalue weighted by atomic mass is 10.1. The first-order chi connectivity index (χ1) is 16.8. The zero-order valence-corrected chi connectivity index (χ0v) is 19.7. The second-order valence-electron chi connectivity index (χ2n) is 8.97. The molecular formula is C28H27N3O4. The van der Waals surface area contributed by atoms with Gasteiger partial charge in [0.25, 0.3) is 17.7 Å². The van der Waals surface area contributed by atoms with E-state index in [1.165, 1.54) is 4.90 Å². The van der Waals surface area contributed by atoms with Gasteiger partial charge in [0.2, 0.25) is 5.91 Å². The number of hydrogen-bond donors (Lipinski definition) is 2. The predicted molar refractivity (Wildman–Crippen MR) is 133 cm³/mol. The minimum atomic E-state index is -0.333. The van der Waals surface area contributed by atoms with Gasteiger partial charge in [-0.15, -0.1) is 0 Å². The Balaban J connectivity index is 1.38. The Labute approximate surface area is 204 Å². The number of nitrogens with zero attached hydrogens (tertiary/aromatic N) is 1. The van der Waals surface area contributed by atoms with Gasteiger partial charge in [0.15, 0.2) is 0 Å². The summed E-state index contributed by atoms with van der Waals surface area (Å²) in [6, 6.07) is 21.0. The minimum absolute atomic E-state index is 0.0453. The lowest BCUT2D eigenvalue weighted by molar-refractivity contribution is -0.116. The highest BCUT2D eigenvalue weighted by atomic mass is 16.2. The van der Waals surface area contributed by atoms with E-state index in [0.717, 1.165) is 5.56 Å². The van der Waals surface area contributed by atoms with Crippen LogP contribution in [0.5, 0.6) is 0 Å². The van der Waals surface area contributed by atoms with E-state index in [0.29, 0.717) is 34.4 Å². The fraction of sp³-hybridized carbons (Fsp3) is 0.214. The summed E-state index contributed by atoms with van der Waals surface area (Å²) in [5.74, 6) is -0.716. The first-order valence-corrected chi connectivity index (χ1v) is 11.5. The molecule has 3 aromatic rings. The Morgan fingerprint density at radius 3 is 2.17 bits per heavy atom. The topological polar surface area (TPSA) is 95.6 Å². The van der Waals surface area contributed by atoms with Crippen molar-refractivity contribution in [3.05, 3.63) is 101 Å². The van der Waals surface area contributed by atoms with Gasteiger partial charge in [-0.05, 0) is 53.4 Å². The van der Waals surface area contributed by atoms with Gasteiger partial charge < -0.3 is 10.6 Å². The highest BCUT2D eigenvalue weighted by Crippen LogP contribution is 2.24. The fourth-order valence-corrected chi connectivity index (χ4v) is 4.00. The molecule has 4 amide bonds. The van der Waals surface area contributed by atoms with Crippen LogP contribution in [0.1, 0.15) is 62.5 Å². The number of carbonyl (C=O) groups is 4. The van der Waals surface area contributed by atoms with Crippen molar-refractivity contribution in [3.8, 4) is 0 Å². The summed E-state index contributed by atoms with van der Waals surface area (Å²) < 4.78 is 0. The lowest BCUT2D eigenvalue weighted by Crippen LogP contribution is -2.29. The van der Waals surface area contributed by atoms with Gasteiger partial charge in [-0.2, -0.15) is 0 Å². The minimum Gasteiger partial charge on any atom is -0.348 e. The van der Waals surface area contributed by atoms with E-state index in [4.69, 9.17) is 0 Å². The molecule has 178 valence electrons. The van der Waals surface area contributed by atoms with Crippen molar-refractivity contribution in [2.24, 2.45) is 5.92 Å². The zero-order valence-electron chi connectivity index (χ0n) is 19.7. The van der Waals surface area contributed by atoms with Crippen LogP contribution in [0.15, 0.2) is 72.8 Å². The molecule has 0 atom stereocenters. The Bertz CT molecular complexity index is 1260. The molecule has 3 aromatic carbocycles. The van der Waals surface area contributed by atoms with Crippen LogP contribution in [0.4, 0.5) is 5.69 Å². The summed E-state index contributed by atoms with van der Waals surface area (Å²) in [6.45, 7) is 4.35. The lowest BCUT2D eigenvalue weighted by Gasteiger charge is -2.14. The molecule has 1 aliphatic rings. The molecule has 1 aliphatic heterocycles. The molecule has 7 nitrogen and oxygen atoms in total. The van der Waals surface area contributed by atoms with Gasteiger partial charge >= 0.3 is 0 Å². The molecule has 0 saturated heterocycles. The van der Waals surface area contributed by atoms with Crippen LogP contribution in [0, 0.1) is 5.92 Å². The molecule has 0 fully saturated rings. The van der Waals surface area contributed by atoms with E-state index >= 15 is 0 Å². The number of nitrogens with one attached hydrogen (secondary N) is 2. The van der Waals surface area contributed by atoms with Crippen molar-refractivity contribution in [1.29, 1.82) is 0 Å². The summed E-state index contributed by atoms with van der Waals surface area (Å²) in [4.78, 5) is 51.3. The van der Waals surface area contributed by atoms with Crippen LogP contribution in [0.25, 0.3) is 0 Å². The van der Waals surface area contributed by atoms with Gasteiger partial charge in [-0.3, -0.25) is 24.1 Å². The van der Waals surface area contributed by atoms with Gasteiger partial charge in [-0.1, -0.05) is 50.2 Å². The van der Waals surface area contributed by atoms with Crippen LogP contribution >= 0.6 is 0 Å². The summed E-state index contributed by atoms with van der Waals surface area (Å²) in [6.07, 6.45) is 0.442. The third-order valence-electron chi connectivity index (χ3n) is 5.67. The fourth-order valence-electron chi connectivity index (χ4n) is 4.00. The molecule has 1 heterocycles. The van der Waals surface area contributed by atoms with Crippen LogP contribution in [0.2, 0.25) is 0 Å². The maximum Gasteiger partial charge on any atom is 0.261 e. The maximum atomic E-state index is 12.8. The maximum absolute atomic E-state index is 12.8. The third-order valence-corrected chi connectivity index (χ3v) is 5.67. The second-order valence-corrected chi connectivity index (χ2v) is 8.97. The van der Waals surface area contributed by atoms with Crippen molar-refractivity contribution in [2.45, 2.75) is 33.4 Å². The quantitative estimate of drug-likeness (QED) is 0.478. The predicted octanol–water partition coefficient (Wildman–Crippen LogP) is 4.40. The molecule has 0 bridgehead atoms. The molecule has 2 N–H and O–H groups in total. The SMILES string of the molecule is CC(C)CC(=O)Nc1cccc(CNC(=O)c2cccc(CN3C(=O)c4ccccc4C3=O)c2)c1. The summed E-state index contributed by atoms with van der Waals surface area (Å²) in [5.41, 5.74) is 3.44. The van der Waals surface area contributed by atoms with E-state index in [2.05, 4.69) is 10.6 Å². The highest BCUT2D eigenvalue weighted by molar-refractivity contribution is 6.21. The number of rotatable bonds is 8. The first-order valence-electron chi connectivity index (χ1n) is 11.5. The van der Waals surface area contributed by atoms with E-state index < -0.39 is 0 Å². The van der Waals surface area contributed by atoms with Crippen LogP contribution in [0.3, 0.4) is 0 Å². The molecule has 0 aliphatic carbocycles. The van der Waals surface area contributed by atoms with Crippen LogP contribution in [-0.2, 0) is 17.9 Å². The van der Waals surface area contributed by atoms with Crippen molar-refractivity contribution < 1.29 is 19.2 Å². The number of anilines is 1. The van der Waals surface area contributed by atoms with Gasteiger partial charge in [-0.25, -0.2) is 0 Å². The molecule has 0 aromatic heterocycles. The number of amides is 4. The molecule has 0 unspecified atom stereocenters. The normalized spacial score (nSPS) is 12.6. The number of hydrogen-bond acceptors (Lipinski definition) is 4. The van der Waals surface area contributed by atoms with E-state index in [1.807, 2.05) is 38.1 Å². The Morgan fingerprint density at radius 1 is 0.829 bits per heavy atom. The van der Waals surface area contributed by atoms with Crippen molar-refractivity contribution >= 4 is 29.3 Å². The number of carbonyl (C=O) groups excluding carboxylic acids is 4. The van der Waals surface area contributed by atoms with Crippen molar-refractivity contribution in [2.75, 3.05) is 5.32 Å². The highest BCUT2D eigenvalue weighted by Gasteiger charge is 2.35. The summed E-state index contributed by atoms with van der Waals surface area (Å²) >= 11 is 0. The summed E-state index contributed by atoms with van der Waals surface area (Å²) in [5, 5.41) is 5.76. The number of benzene rings is 3. The molecule has 0 saturated carbocycles. The third kappa shape index (κ3) is 5.63. The monoisotopic (exact) mass is 469 g/mol. The van der Waals surface area contributed by atoms with Crippen LogP contribution < -0.4 is 10.6 Å².